The predicted molar refractivity (Wildman–Crippen MR) is 91.0 cm³/mol. The van der Waals surface area contributed by atoms with Crippen molar-refractivity contribution in [2.75, 3.05) is 6.54 Å². The summed E-state index contributed by atoms with van der Waals surface area (Å²) in [6.07, 6.45) is -0.781. The van der Waals surface area contributed by atoms with Crippen LogP contribution in [0.2, 0.25) is 0 Å². The lowest BCUT2D eigenvalue weighted by Gasteiger charge is -2.26. The predicted octanol–water partition coefficient (Wildman–Crippen LogP) is 3.09. The summed E-state index contributed by atoms with van der Waals surface area (Å²) < 4.78 is 0. The molecular formula is C18H19NO3S. The Morgan fingerprint density at radius 3 is 2.43 bits per heavy atom. The number of nitrogens with zero attached hydrogens (tertiary/aromatic N) is 1. The highest BCUT2D eigenvalue weighted by Crippen LogP contribution is 2.43. The van der Waals surface area contributed by atoms with Gasteiger partial charge >= 0.3 is 0 Å². The average Bonchev–Trinajstić information content (AvgIpc) is 2.84. The largest absolute Gasteiger partial charge is 0.508 e. The van der Waals surface area contributed by atoms with E-state index in [9.17, 15) is 15.0 Å². The first-order chi connectivity index (χ1) is 11.1. The van der Waals surface area contributed by atoms with Crippen molar-refractivity contribution in [2.45, 2.75) is 23.7 Å². The van der Waals surface area contributed by atoms with E-state index in [0.717, 1.165) is 5.56 Å². The summed E-state index contributed by atoms with van der Waals surface area (Å²) in [7, 11) is 0. The van der Waals surface area contributed by atoms with E-state index in [0.29, 0.717) is 5.56 Å². The Hall–Kier alpha value is -1.98. The van der Waals surface area contributed by atoms with E-state index in [1.807, 2.05) is 37.3 Å². The van der Waals surface area contributed by atoms with E-state index in [4.69, 9.17) is 0 Å². The summed E-state index contributed by atoms with van der Waals surface area (Å²) >= 11 is 1.60. The lowest BCUT2D eigenvalue weighted by molar-refractivity contribution is -0.131. The number of phenolic OH excluding ortho intramolecular Hbond substituents is 1. The van der Waals surface area contributed by atoms with Gasteiger partial charge in [-0.25, -0.2) is 0 Å². The molecule has 3 atom stereocenters. The molecule has 3 rings (SSSR count). The molecule has 2 aromatic carbocycles. The highest BCUT2D eigenvalue weighted by molar-refractivity contribution is 8.01. The van der Waals surface area contributed by atoms with E-state index in [1.165, 1.54) is 12.1 Å². The standard InChI is InChI=1S/C18H19NO3S/c1-12-17(22)19(18(23-12)14-5-3-2-4-6-14)11-16(21)13-7-9-15(20)10-8-13/h2-10,12,16,18,20-21H,11H2,1H3. The van der Waals surface area contributed by atoms with Crippen LogP contribution in [-0.2, 0) is 4.79 Å². The summed E-state index contributed by atoms with van der Waals surface area (Å²) in [5, 5.41) is 19.6. The van der Waals surface area contributed by atoms with E-state index in [-0.39, 0.29) is 28.8 Å². The number of carbonyl (C=O) groups excluding carboxylic acids is 1. The van der Waals surface area contributed by atoms with Crippen LogP contribution in [0.15, 0.2) is 54.6 Å². The number of carbonyl (C=O) groups is 1. The number of phenols is 1. The number of rotatable bonds is 4. The quantitative estimate of drug-likeness (QED) is 0.905. The molecule has 2 aromatic rings. The van der Waals surface area contributed by atoms with Crippen molar-refractivity contribution in [2.24, 2.45) is 0 Å². The highest BCUT2D eigenvalue weighted by atomic mass is 32.2. The second-order valence-corrected chi connectivity index (χ2v) is 7.07. The third-order valence-corrected chi connectivity index (χ3v) is 5.37. The molecule has 1 amide bonds. The maximum absolute atomic E-state index is 12.5. The molecule has 0 aromatic heterocycles. The zero-order valence-electron chi connectivity index (χ0n) is 12.8. The van der Waals surface area contributed by atoms with Crippen molar-refractivity contribution in [3.05, 3.63) is 65.7 Å². The first-order valence-electron chi connectivity index (χ1n) is 7.54. The number of hydrogen-bond acceptors (Lipinski definition) is 4. The molecule has 0 aliphatic carbocycles. The van der Waals surface area contributed by atoms with Crippen molar-refractivity contribution < 1.29 is 15.0 Å². The zero-order valence-corrected chi connectivity index (χ0v) is 13.6. The molecule has 1 saturated heterocycles. The van der Waals surface area contributed by atoms with E-state index in [1.54, 1.807) is 28.8 Å². The van der Waals surface area contributed by atoms with Crippen molar-refractivity contribution >= 4 is 17.7 Å². The number of amides is 1. The van der Waals surface area contributed by atoms with Gasteiger partial charge in [-0.15, -0.1) is 11.8 Å². The van der Waals surface area contributed by atoms with Gasteiger partial charge in [0.1, 0.15) is 11.1 Å². The summed E-state index contributed by atoms with van der Waals surface area (Å²) in [5.41, 5.74) is 1.75. The number of hydrogen-bond donors (Lipinski definition) is 2. The van der Waals surface area contributed by atoms with E-state index < -0.39 is 6.10 Å². The Bertz CT molecular complexity index is 674. The molecule has 3 unspecified atom stereocenters. The van der Waals surface area contributed by atoms with Crippen LogP contribution in [0.5, 0.6) is 5.75 Å². The Kier molecular flexibility index (Phi) is 4.59. The van der Waals surface area contributed by atoms with Crippen LogP contribution in [0.3, 0.4) is 0 Å². The number of aliphatic hydroxyl groups excluding tert-OH is 1. The first-order valence-corrected chi connectivity index (χ1v) is 8.48. The van der Waals surface area contributed by atoms with E-state index in [2.05, 4.69) is 0 Å². The average molecular weight is 329 g/mol. The van der Waals surface area contributed by atoms with Gasteiger partial charge in [0.05, 0.1) is 17.9 Å². The number of thioether (sulfide) groups is 1. The van der Waals surface area contributed by atoms with Gasteiger partial charge in [-0.3, -0.25) is 4.79 Å². The van der Waals surface area contributed by atoms with Crippen molar-refractivity contribution in [3.63, 3.8) is 0 Å². The molecule has 120 valence electrons. The maximum Gasteiger partial charge on any atom is 0.236 e. The van der Waals surface area contributed by atoms with Crippen molar-refractivity contribution in [3.8, 4) is 5.75 Å². The molecule has 1 aliphatic rings. The highest BCUT2D eigenvalue weighted by Gasteiger charge is 2.39. The van der Waals surface area contributed by atoms with E-state index >= 15 is 0 Å². The summed E-state index contributed by atoms with van der Waals surface area (Å²) in [5.74, 6) is 0.200. The van der Waals surface area contributed by atoms with Crippen LogP contribution in [-0.4, -0.2) is 32.8 Å². The fourth-order valence-corrected chi connectivity index (χ4v) is 4.01. The second-order valence-electron chi connectivity index (χ2n) is 5.64. The Balaban J connectivity index is 1.81. The molecule has 0 bridgehead atoms. The topological polar surface area (TPSA) is 60.8 Å². The van der Waals surface area contributed by atoms with Gasteiger partial charge in [0.2, 0.25) is 5.91 Å². The smallest absolute Gasteiger partial charge is 0.236 e. The summed E-state index contributed by atoms with van der Waals surface area (Å²) in [6, 6.07) is 16.3. The van der Waals surface area contributed by atoms with Crippen LogP contribution in [0.4, 0.5) is 0 Å². The van der Waals surface area contributed by atoms with Gasteiger partial charge in [-0.1, -0.05) is 42.5 Å². The molecule has 23 heavy (non-hydrogen) atoms. The summed E-state index contributed by atoms with van der Waals surface area (Å²) in [4.78, 5) is 14.2. The van der Waals surface area contributed by atoms with Gasteiger partial charge in [0, 0.05) is 0 Å². The second kappa shape index (κ2) is 6.64. The third-order valence-electron chi connectivity index (χ3n) is 3.98. The van der Waals surface area contributed by atoms with Crippen LogP contribution < -0.4 is 0 Å². The van der Waals surface area contributed by atoms with Crippen molar-refractivity contribution in [1.29, 1.82) is 0 Å². The van der Waals surface area contributed by atoms with Crippen LogP contribution in [0.25, 0.3) is 0 Å². The molecule has 5 heteroatoms. The SMILES string of the molecule is CC1SC(c2ccccc2)N(CC(O)c2ccc(O)cc2)C1=O. The summed E-state index contributed by atoms with van der Waals surface area (Å²) in [6.45, 7) is 2.14. The fourth-order valence-electron chi connectivity index (χ4n) is 2.72. The molecule has 0 radical (unpaired) electrons. The maximum atomic E-state index is 12.5. The number of benzene rings is 2. The van der Waals surface area contributed by atoms with Gasteiger partial charge in [-0.2, -0.15) is 0 Å². The number of β-amino-alcohol motifs (C(OH)–C–C–N with tert-alkyl or cyclic N) is 1. The first kappa shape index (κ1) is 15.9. The lowest BCUT2D eigenvalue weighted by Crippen LogP contribution is -2.34. The Morgan fingerprint density at radius 1 is 1.13 bits per heavy atom. The van der Waals surface area contributed by atoms with Gasteiger partial charge < -0.3 is 15.1 Å². The minimum Gasteiger partial charge on any atom is -0.508 e. The Morgan fingerprint density at radius 2 is 1.78 bits per heavy atom. The lowest BCUT2D eigenvalue weighted by atomic mass is 10.1. The van der Waals surface area contributed by atoms with Gasteiger partial charge in [0.15, 0.2) is 0 Å². The van der Waals surface area contributed by atoms with Gasteiger partial charge in [-0.05, 0) is 30.2 Å². The van der Waals surface area contributed by atoms with Crippen molar-refractivity contribution in [1.82, 2.24) is 4.90 Å². The molecular weight excluding hydrogens is 310 g/mol. The molecule has 4 nitrogen and oxygen atoms in total. The Labute approximate surface area is 139 Å². The van der Waals surface area contributed by atoms with Crippen LogP contribution in [0, 0.1) is 0 Å². The number of aliphatic hydroxyl groups is 1. The monoisotopic (exact) mass is 329 g/mol. The molecule has 1 aliphatic heterocycles. The van der Waals surface area contributed by atoms with Crippen LogP contribution in [0.1, 0.15) is 29.5 Å². The van der Waals surface area contributed by atoms with Gasteiger partial charge in [0.25, 0.3) is 0 Å². The minimum absolute atomic E-state index is 0.0432. The third kappa shape index (κ3) is 3.35. The fraction of sp³-hybridized carbons (Fsp3) is 0.278. The molecule has 1 fully saturated rings. The van der Waals surface area contributed by atoms with Crippen LogP contribution >= 0.6 is 11.8 Å². The zero-order chi connectivity index (χ0) is 16.4. The number of aromatic hydroxyl groups is 1. The molecule has 1 heterocycles. The molecule has 2 N–H and O–H groups in total. The normalized spacial score (nSPS) is 22.3. The minimum atomic E-state index is -0.781. The molecule has 0 spiro atoms. The molecule has 0 saturated carbocycles.